The number of aromatic nitrogens is 2. The number of halogens is 1. The molecule has 0 bridgehead atoms. The number of benzene rings is 1. The second-order valence-electron chi connectivity index (χ2n) is 12.6. The van der Waals surface area contributed by atoms with Crippen LogP contribution in [-0.2, 0) is 25.0 Å². The van der Waals surface area contributed by atoms with E-state index in [0.29, 0.717) is 16.8 Å². The third kappa shape index (κ3) is 7.01. The van der Waals surface area contributed by atoms with Crippen LogP contribution >= 0.6 is 0 Å². The highest BCUT2D eigenvalue weighted by atomic mass is 32.2. The fourth-order valence-electron chi connectivity index (χ4n) is 4.40. The summed E-state index contributed by atoms with van der Waals surface area (Å²) in [7, 11) is -1.24. The van der Waals surface area contributed by atoms with Crippen molar-refractivity contribution in [3.63, 3.8) is 0 Å². The van der Waals surface area contributed by atoms with Gasteiger partial charge >= 0.3 is 5.97 Å². The molecule has 0 amide bonds. The van der Waals surface area contributed by atoms with Crippen LogP contribution in [0.25, 0.3) is 16.8 Å². The van der Waals surface area contributed by atoms with Crippen molar-refractivity contribution in [3.8, 4) is 11.3 Å². The van der Waals surface area contributed by atoms with Gasteiger partial charge in [0, 0.05) is 36.1 Å². The van der Waals surface area contributed by atoms with Crippen LogP contribution in [0.15, 0.2) is 24.3 Å². The first-order valence-corrected chi connectivity index (χ1v) is 15.1. The average molecular weight is 610 g/mol. The van der Waals surface area contributed by atoms with Gasteiger partial charge in [0.15, 0.2) is 0 Å². The van der Waals surface area contributed by atoms with Crippen molar-refractivity contribution >= 4 is 27.5 Å². The van der Waals surface area contributed by atoms with Gasteiger partial charge in [-0.1, -0.05) is 40.7 Å². The van der Waals surface area contributed by atoms with Crippen molar-refractivity contribution in [2.45, 2.75) is 98.0 Å². The van der Waals surface area contributed by atoms with E-state index in [1.165, 1.54) is 73.9 Å². The number of ether oxygens (including phenoxy) is 1. The van der Waals surface area contributed by atoms with E-state index in [4.69, 9.17) is 7.48 Å². The van der Waals surface area contributed by atoms with Gasteiger partial charge in [0.05, 0.1) is 37.5 Å². The third-order valence-corrected chi connectivity index (χ3v) is 9.95. The third-order valence-electron chi connectivity index (χ3n) is 7.83. The number of carboxylic acid groups (broad SMARTS) is 1. The fourth-order valence-corrected chi connectivity index (χ4v) is 5.34. The number of sulfonamides is 1. The quantitative estimate of drug-likeness (QED) is 0.330. The number of rotatable bonds is 11. The van der Waals surface area contributed by atoms with Gasteiger partial charge in [-0.25, -0.2) is 27.1 Å². The molecule has 2 atom stereocenters. The minimum absolute atomic E-state index is 0.0900. The molecular formula is C31H46FN3O6S. The summed E-state index contributed by atoms with van der Waals surface area (Å²) in [5.41, 5.74) is -2.46. The minimum atomic E-state index is -3.86. The van der Waals surface area contributed by atoms with Crippen molar-refractivity contribution in [1.29, 1.82) is 0 Å². The Balaban J connectivity index is 3.14. The van der Waals surface area contributed by atoms with Gasteiger partial charge in [0.25, 0.3) is 0 Å². The standard InChI is InChI=1S/C31H46FN3O6S/c1-18(2)42(39,40)35(11)28-33-26(21-13-14-22(32)19(3)15-21)25(27(34-28)29(5,6)7)20(4)16-23(36)30(8,9)31(10,41-12)17-24(37)38/h13-16,18,23,36H,17H2,1-12H3,(H,37,38)/b20-16+/t23-,31+/m1/s1/i16D,23D. The Morgan fingerprint density at radius 2 is 1.79 bits per heavy atom. The molecule has 234 valence electrons. The summed E-state index contributed by atoms with van der Waals surface area (Å²) >= 11 is 0. The van der Waals surface area contributed by atoms with Gasteiger partial charge in [-0.05, 0) is 64.0 Å². The van der Waals surface area contributed by atoms with Gasteiger partial charge in [0.1, 0.15) is 5.82 Å². The molecule has 2 rings (SSSR count). The van der Waals surface area contributed by atoms with Crippen LogP contribution in [0.3, 0.4) is 0 Å². The Morgan fingerprint density at radius 3 is 2.24 bits per heavy atom. The molecule has 0 aliphatic heterocycles. The summed E-state index contributed by atoms with van der Waals surface area (Å²) in [4.78, 5) is 21.0. The van der Waals surface area contributed by atoms with E-state index in [0.717, 1.165) is 4.31 Å². The van der Waals surface area contributed by atoms with Crippen molar-refractivity contribution in [3.05, 3.63) is 46.9 Å². The molecule has 2 N–H and O–H groups in total. The lowest BCUT2D eigenvalue weighted by atomic mass is 9.69. The van der Waals surface area contributed by atoms with Crippen molar-refractivity contribution in [2.75, 3.05) is 18.5 Å². The summed E-state index contributed by atoms with van der Waals surface area (Å²) in [5, 5.41) is 20.5. The van der Waals surface area contributed by atoms with Crippen LogP contribution in [0, 0.1) is 18.2 Å². The lowest BCUT2D eigenvalue weighted by Gasteiger charge is -2.44. The average Bonchev–Trinajstić information content (AvgIpc) is 2.91. The van der Waals surface area contributed by atoms with Crippen LogP contribution in [0.2, 0.25) is 0 Å². The SMILES string of the molecule is [2H]/C(=C(/C)c1c(-c2ccc(F)c(C)c2)nc(N(C)S(=O)(=O)C(C)C)nc1C(C)(C)C)[C@@]([2H])(O)C(C)(C)[C@](C)(CC(=O)O)OC. The first kappa shape index (κ1) is 32.0. The van der Waals surface area contributed by atoms with Crippen LogP contribution < -0.4 is 4.31 Å². The highest BCUT2D eigenvalue weighted by Gasteiger charge is 2.47. The molecule has 1 heterocycles. The molecule has 1 aromatic carbocycles. The highest BCUT2D eigenvalue weighted by Crippen LogP contribution is 2.43. The number of aliphatic carboxylic acids is 1. The van der Waals surface area contributed by atoms with E-state index in [9.17, 15) is 27.8 Å². The first-order valence-electron chi connectivity index (χ1n) is 14.6. The molecule has 11 heteroatoms. The maximum atomic E-state index is 14.4. The molecule has 0 radical (unpaired) electrons. The van der Waals surface area contributed by atoms with E-state index >= 15 is 0 Å². The topological polar surface area (TPSA) is 130 Å². The zero-order valence-electron chi connectivity index (χ0n) is 28.7. The summed E-state index contributed by atoms with van der Waals surface area (Å²) in [5.74, 6) is -1.81. The summed E-state index contributed by atoms with van der Waals surface area (Å²) in [6.45, 7) is 16.0. The number of aryl methyl sites for hydroxylation is 1. The molecule has 0 aliphatic carbocycles. The van der Waals surface area contributed by atoms with Crippen molar-refractivity contribution < 1.29 is 35.3 Å². The maximum Gasteiger partial charge on any atom is 0.306 e. The van der Waals surface area contributed by atoms with Gasteiger partial charge in [-0.15, -0.1) is 0 Å². The molecule has 0 fully saturated rings. The van der Waals surface area contributed by atoms with E-state index in [2.05, 4.69) is 9.97 Å². The number of nitrogens with zero attached hydrogens (tertiary/aromatic N) is 3. The predicted molar refractivity (Wildman–Crippen MR) is 164 cm³/mol. The molecule has 0 spiro atoms. The number of hydrogen-bond donors (Lipinski definition) is 2. The molecule has 1 aromatic heterocycles. The lowest BCUT2D eigenvalue weighted by Crippen LogP contribution is -2.51. The number of allylic oxidation sites excluding steroid dienone is 1. The number of carboxylic acids is 1. The zero-order valence-corrected chi connectivity index (χ0v) is 27.5. The minimum Gasteiger partial charge on any atom is -0.481 e. The molecule has 0 unspecified atom stereocenters. The Kier molecular flexibility index (Phi) is 9.44. The second kappa shape index (κ2) is 12.4. The molecule has 42 heavy (non-hydrogen) atoms. The normalized spacial score (nSPS) is 17.1. The summed E-state index contributed by atoms with van der Waals surface area (Å²) in [6.07, 6.45) is -3.25. The highest BCUT2D eigenvalue weighted by molar-refractivity contribution is 7.93. The predicted octanol–water partition coefficient (Wildman–Crippen LogP) is 5.73. The van der Waals surface area contributed by atoms with Crippen LogP contribution in [0.5, 0.6) is 0 Å². The lowest BCUT2D eigenvalue weighted by molar-refractivity contribution is -0.160. The maximum absolute atomic E-state index is 14.4. The van der Waals surface area contributed by atoms with Crippen LogP contribution in [0.4, 0.5) is 10.3 Å². The van der Waals surface area contributed by atoms with Crippen LogP contribution in [0.1, 0.15) is 88.3 Å². The fraction of sp³-hybridized carbons (Fsp3) is 0.581. The molecule has 0 aliphatic rings. The van der Waals surface area contributed by atoms with Gasteiger partial charge < -0.3 is 14.9 Å². The Labute approximate surface area is 252 Å². The van der Waals surface area contributed by atoms with Crippen molar-refractivity contribution in [1.82, 2.24) is 9.97 Å². The molecule has 0 saturated carbocycles. The summed E-state index contributed by atoms with van der Waals surface area (Å²) in [6, 6.07) is 3.70. The number of hydrogen-bond acceptors (Lipinski definition) is 7. The Morgan fingerprint density at radius 1 is 1.21 bits per heavy atom. The number of anilines is 1. The molecule has 0 saturated heterocycles. The van der Waals surface area contributed by atoms with Crippen LogP contribution in [-0.4, -0.2) is 65.7 Å². The Bertz CT molecular complexity index is 1570. The Hall–Kier alpha value is -2.89. The summed E-state index contributed by atoms with van der Waals surface area (Å²) < 4.78 is 65.4. The molecular weight excluding hydrogens is 561 g/mol. The van der Waals surface area contributed by atoms with E-state index in [1.807, 2.05) is 20.8 Å². The number of carbonyl (C=O) groups is 1. The van der Waals surface area contributed by atoms with E-state index in [-0.39, 0.29) is 22.8 Å². The number of methoxy groups -OCH3 is 1. The number of aliphatic hydroxyl groups is 1. The van der Waals surface area contributed by atoms with Gasteiger partial charge in [0.2, 0.25) is 16.0 Å². The monoisotopic (exact) mass is 609 g/mol. The molecule has 2 aromatic rings. The largest absolute Gasteiger partial charge is 0.481 e. The van der Waals surface area contributed by atoms with E-state index in [1.54, 1.807) is 6.92 Å². The smallest absolute Gasteiger partial charge is 0.306 e. The first-order chi connectivity index (χ1) is 19.8. The van der Waals surface area contributed by atoms with Gasteiger partial charge in [-0.3, -0.25) is 4.79 Å². The van der Waals surface area contributed by atoms with Crippen molar-refractivity contribution in [2.24, 2.45) is 5.41 Å². The molecule has 9 nitrogen and oxygen atoms in total. The second-order valence-corrected chi connectivity index (χ2v) is 15.1. The zero-order chi connectivity index (χ0) is 34.4. The van der Waals surface area contributed by atoms with E-state index < -0.39 is 62.0 Å². The van der Waals surface area contributed by atoms with Gasteiger partial charge in [-0.2, -0.15) is 0 Å².